The number of hydrogen-bond acceptors (Lipinski definition) is 6. The minimum atomic E-state index is -4.10. The van der Waals surface area contributed by atoms with Crippen molar-refractivity contribution in [1.82, 2.24) is 19.3 Å². The first-order valence-corrected chi connectivity index (χ1v) is 11.0. The third-order valence-corrected chi connectivity index (χ3v) is 5.30. The highest BCUT2D eigenvalue weighted by molar-refractivity contribution is 7.88. The van der Waals surface area contributed by atoms with Crippen LogP contribution in [-0.4, -0.2) is 43.1 Å². The maximum absolute atomic E-state index is 12.1. The quantitative estimate of drug-likeness (QED) is 0.646. The van der Waals surface area contributed by atoms with Crippen LogP contribution in [0.25, 0.3) is 11.1 Å². The number of nitrogens with one attached hydrogen (secondary N) is 3. The number of fused-ring (bicyclic) bond motifs is 1. The number of carbonyl (C=O) groups is 2. The molecule has 1 aliphatic rings. The first-order chi connectivity index (χ1) is 14.4. The Morgan fingerprint density at radius 2 is 2.03 bits per heavy atom. The Labute approximate surface area is 181 Å². The second-order valence-electron chi connectivity index (χ2n) is 8.10. The predicted octanol–water partition coefficient (Wildman–Crippen LogP) is 2.58. The van der Waals surface area contributed by atoms with Gasteiger partial charge in [-0.25, -0.2) is 19.3 Å². The molecule has 1 aliphatic heterocycles. The van der Waals surface area contributed by atoms with Gasteiger partial charge in [-0.15, -0.1) is 0 Å². The fourth-order valence-corrected chi connectivity index (χ4v) is 3.70. The van der Waals surface area contributed by atoms with Crippen LogP contribution < -0.4 is 14.8 Å². The number of hydrogen-bond donors (Lipinski definition) is 3. The Balaban J connectivity index is 1.74. The molecule has 0 aliphatic carbocycles. The molecule has 0 radical (unpaired) electrons. The van der Waals surface area contributed by atoms with Crippen molar-refractivity contribution in [1.29, 1.82) is 0 Å². The average Bonchev–Trinajstić information content (AvgIpc) is 2.65. The van der Waals surface area contributed by atoms with Gasteiger partial charge in [0.15, 0.2) is 0 Å². The van der Waals surface area contributed by atoms with Crippen molar-refractivity contribution >= 4 is 28.2 Å². The summed E-state index contributed by atoms with van der Waals surface area (Å²) in [4.78, 5) is 29.4. The summed E-state index contributed by atoms with van der Waals surface area (Å²) < 4.78 is 33.4. The number of ether oxygens (including phenoxy) is 1. The standard InChI is InChI=1S/C20H25N5O5S/c1-20(2,3)30-19(27)24-31(28,29)22-11-13-6-5-7-14(10-13)15-8-9-21-17-16(15)12-25(4)18(26)23-17/h5-10,22H,11-12H2,1-4H3,(H,24,27)(H,21,23,26). The summed E-state index contributed by atoms with van der Waals surface area (Å²) in [6.45, 7) is 5.29. The highest BCUT2D eigenvalue weighted by atomic mass is 32.2. The van der Waals surface area contributed by atoms with Crippen molar-refractivity contribution in [3.05, 3.63) is 47.7 Å². The van der Waals surface area contributed by atoms with Crippen LogP contribution in [0.5, 0.6) is 0 Å². The molecule has 0 bridgehead atoms. The highest BCUT2D eigenvalue weighted by Gasteiger charge is 2.24. The molecule has 0 saturated carbocycles. The summed E-state index contributed by atoms with van der Waals surface area (Å²) in [5.74, 6) is 0.508. The molecule has 31 heavy (non-hydrogen) atoms. The van der Waals surface area contributed by atoms with Crippen LogP contribution in [0.3, 0.4) is 0 Å². The number of carbonyl (C=O) groups excluding carboxylic acids is 2. The van der Waals surface area contributed by atoms with Crippen molar-refractivity contribution in [2.75, 3.05) is 12.4 Å². The summed E-state index contributed by atoms with van der Waals surface area (Å²) in [7, 11) is -2.40. The summed E-state index contributed by atoms with van der Waals surface area (Å²) in [5.41, 5.74) is 2.47. The topological polar surface area (TPSA) is 130 Å². The van der Waals surface area contributed by atoms with E-state index < -0.39 is 21.9 Å². The van der Waals surface area contributed by atoms with Crippen molar-refractivity contribution in [3.8, 4) is 11.1 Å². The lowest BCUT2D eigenvalue weighted by Gasteiger charge is -2.27. The largest absolute Gasteiger partial charge is 0.443 e. The normalized spacial score (nSPS) is 13.9. The molecule has 3 amide bonds. The van der Waals surface area contributed by atoms with Crippen molar-refractivity contribution in [3.63, 3.8) is 0 Å². The number of urea groups is 1. The highest BCUT2D eigenvalue weighted by Crippen LogP contribution is 2.31. The van der Waals surface area contributed by atoms with E-state index in [2.05, 4.69) is 15.0 Å². The number of nitrogens with zero attached hydrogens (tertiary/aromatic N) is 2. The average molecular weight is 448 g/mol. The molecule has 0 fully saturated rings. The molecule has 2 aromatic rings. The number of pyridine rings is 1. The molecule has 1 aromatic heterocycles. The number of rotatable bonds is 5. The number of benzene rings is 1. The molecule has 1 aromatic carbocycles. The molecule has 0 spiro atoms. The molecule has 10 nitrogen and oxygen atoms in total. The minimum Gasteiger partial charge on any atom is -0.443 e. The molecule has 166 valence electrons. The van der Waals surface area contributed by atoms with Gasteiger partial charge in [-0.3, -0.25) is 5.32 Å². The zero-order chi connectivity index (χ0) is 22.8. The van der Waals surface area contributed by atoms with Gasteiger partial charge in [0.1, 0.15) is 11.4 Å². The van der Waals surface area contributed by atoms with E-state index in [0.29, 0.717) is 17.9 Å². The number of anilines is 1. The SMILES string of the molecule is CN1Cc2c(-c3cccc(CNS(=O)(=O)NC(=O)OC(C)(C)C)c3)ccnc2NC1=O. The second-order valence-corrected chi connectivity index (χ2v) is 9.60. The van der Waals surface area contributed by atoms with Gasteiger partial charge in [0.2, 0.25) is 0 Å². The van der Waals surface area contributed by atoms with Crippen molar-refractivity contribution in [2.45, 2.75) is 39.5 Å². The summed E-state index contributed by atoms with van der Waals surface area (Å²) in [6.07, 6.45) is 0.559. The first kappa shape index (κ1) is 22.5. The smallest absolute Gasteiger partial charge is 0.422 e. The Morgan fingerprint density at radius 3 is 2.74 bits per heavy atom. The molecule has 2 heterocycles. The fourth-order valence-electron chi connectivity index (χ4n) is 3.01. The van der Waals surface area contributed by atoms with Crippen LogP contribution >= 0.6 is 0 Å². The molecule has 0 unspecified atom stereocenters. The molecule has 0 atom stereocenters. The van der Waals surface area contributed by atoms with E-state index in [9.17, 15) is 18.0 Å². The van der Waals surface area contributed by atoms with Crippen LogP contribution in [-0.2, 0) is 28.0 Å². The maximum atomic E-state index is 12.1. The van der Waals surface area contributed by atoms with Crippen LogP contribution in [0.4, 0.5) is 15.4 Å². The Hall–Kier alpha value is -3.18. The Kier molecular flexibility index (Phi) is 6.18. The van der Waals surface area contributed by atoms with E-state index in [0.717, 1.165) is 16.7 Å². The molecule has 3 rings (SSSR count). The van der Waals surface area contributed by atoms with Gasteiger partial charge in [0, 0.05) is 25.4 Å². The van der Waals surface area contributed by atoms with Crippen LogP contribution in [0.2, 0.25) is 0 Å². The zero-order valence-electron chi connectivity index (χ0n) is 17.7. The Morgan fingerprint density at radius 1 is 1.29 bits per heavy atom. The van der Waals surface area contributed by atoms with Gasteiger partial charge >= 0.3 is 22.3 Å². The second kappa shape index (κ2) is 8.52. The van der Waals surface area contributed by atoms with Crippen LogP contribution in [0.1, 0.15) is 31.9 Å². The summed E-state index contributed by atoms with van der Waals surface area (Å²) in [5, 5.41) is 2.75. The predicted molar refractivity (Wildman–Crippen MR) is 115 cm³/mol. The van der Waals surface area contributed by atoms with E-state index in [-0.39, 0.29) is 12.6 Å². The number of aromatic nitrogens is 1. The van der Waals surface area contributed by atoms with Crippen molar-refractivity contribution < 1.29 is 22.7 Å². The molecule has 11 heteroatoms. The molecular weight excluding hydrogens is 422 g/mol. The zero-order valence-corrected chi connectivity index (χ0v) is 18.5. The summed E-state index contributed by atoms with van der Waals surface area (Å²) >= 11 is 0. The van der Waals surface area contributed by atoms with E-state index in [4.69, 9.17) is 4.74 Å². The van der Waals surface area contributed by atoms with Gasteiger partial charge < -0.3 is 9.64 Å². The third-order valence-electron chi connectivity index (χ3n) is 4.34. The molecule has 0 saturated heterocycles. The van der Waals surface area contributed by atoms with Gasteiger partial charge in [0.05, 0.1) is 6.54 Å². The minimum absolute atomic E-state index is 0.0319. The van der Waals surface area contributed by atoms with Crippen LogP contribution in [0.15, 0.2) is 36.5 Å². The lowest BCUT2D eigenvalue weighted by Crippen LogP contribution is -2.42. The third kappa shape index (κ3) is 5.92. The van der Waals surface area contributed by atoms with Gasteiger partial charge in [-0.1, -0.05) is 18.2 Å². The number of amides is 3. The molecular formula is C20H25N5O5S. The van der Waals surface area contributed by atoms with E-state index in [1.54, 1.807) is 51.0 Å². The maximum Gasteiger partial charge on any atom is 0.422 e. The first-order valence-electron chi connectivity index (χ1n) is 9.53. The molecule has 3 N–H and O–H groups in total. The van der Waals surface area contributed by atoms with E-state index in [1.165, 1.54) is 0 Å². The summed E-state index contributed by atoms with van der Waals surface area (Å²) in [6, 6.07) is 8.92. The van der Waals surface area contributed by atoms with Gasteiger partial charge in [-0.2, -0.15) is 13.1 Å². The van der Waals surface area contributed by atoms with Gasteiger partial charge in [-0.05, 0) is 49.6 Å². The monoisotopic (exact) mass is 447 g/mol. The van der Waals surface area contributed by atoms with Gasteiger partial charge in [0.25, 0.3) is 0 Å². The van der Waals surface area contributed by atoms with Crippen molar-refractivity contribution in [2.24, 2.45) is 0 Å². The fraction of sp³-hybridized carbons (Fsp3) is 0.350. The van der Waals surface area contributed by atoms with E-state index >= 15 is 0 Å². The Bertz CT molecular complexity index is 1110. The van der Waals surface area contributed by atoms with E-state index in [1.807, 2.05) is 22.9 Å². The van der Waals surface area contributed by atoms with Crippen LogP contribution in [0, 0.1) is 0 Å². The lowest BCUT2D eigenvalue weighted by atomic mass is 9.98. The lowest BCUT2D eigenvalue weighted by molar-refractivity contribution is 0.0569.